The topological polar surface area (TPSA) is 67.9 Å². The van der Waals surface area contributed by atoms with Crippen LogP contribution >= 0.6 is 0 Å². The van der Waals surface area contributed by atoms with E-state index in [0.717, 1.165) is 24.2 Å². The minimum Gasteiger partial charge on any atom is -0.382 e. The molecule has 0 amide bonds. The van der Waals surface area contributed by atoms with Crippen LogP contribution in [0.3, 0.4) is 0 Å². The lowest BCUT2D eigenvalue weighted by molar-refractivity contribution is 0.610. The van der Waals surface area contributed by atoms with Crippen molar-refractivity contribution in [1.29, 1.82) is 0 Å². The quantitative estimate of drug-likeness (QED) is 0.916. The zero-order chi connectivity index (χ0) is 14.8. The Morgan fingerprint density at radius 1 is 1.24 bits per heavy atom. The summed E-state index contributed by atoms with van der Waals surface area (Å²) in [5, 5.41) is 0. The number of nitrogen functional groups attached to an aromatic ring is 1. The molecule has 0 bridgehead atoms. The summed E-state index contributed by atoms with van der Waals surface area (Å²) in [5.74, 6) is 0.464. The fourth-order valence-corrected chi connectivity index (χ4v) is 2.44. The molecule has 0 saturated heterocycles. The van der Waals surface area contributed by atoms with E-state index in [2.05, 4.69) is 21.9 Å². The average Bonchev–Trinajstić information content (AvgIpc) is 2.50. The molecule has 0 spiro atoms. The molecule has 21 heavy (non-hydrogen) atoms. The van der Waals surface area contributed by atoms with Gasteiger partial charge >= 0.3 is 0 Å². The van der Waals surface area contributed by atoms with Gasteiger partial charge in [0.1, 0.15) is 5.82 Å². The van der Waals surface area contributed by atoms with Gasteiger partial charge in [-0.25, -0.2) is 14.4 Å². The molecule has 0 unspecified atom stereocenters. The number of aromatic nitrogens is 3. The van der Waals surface area contributed by atoms with Crippen molar-refractivity contribution in [1.82, 2.24) is 15.0 Å². The van der Waals surface area contributed by atoms with Gasteiger partial charge in [-0.2, -0.15) is 0 Å². The van der Waals surface area contributed by atoms with E-state index in [0.29, 0.717) is 18.2 Å². The maximum absolute atomic E-state index is 13.9. The molecule has 3 rings (SSSR count). The van der Waals surface area contributed by atoms with Gasteiger partial charge in [-0.1, -0.05) is 5.57 Å². The number of halogens is 1. The number of nitrogens with two attached hydrogens (primary N) is 1. The fourth-order valence-electron chi connectivity index (χ4n) is 2.44. The maximum atomic E-state index is 13.9. The van der Waals surface area contributed by atoms with Crippen molar-refractivity contribution in [2.24, 2.45) is 0 Å². The summed E-state index contributed by atoms with van der Waals surface area (Å²) in [5.41, 5.74) is 8.64. The molecule has 0 aliphatic carbocycles. The molecular formula is C15H16FN5. The van der Waals surface area contributed by atoms with Crippen molar-refractivity contribution in [2.45, 2.75) is 13.3 Å². The maximum Gasteiger partial charge on any atom is 0.165 e. The lowest BCUT2D eigenvalue weighted by atomic mass is 9.99. The summed E-state index contributed by atoms with van der Waals surface area (Å²) in [6.07, 6.45) is 5.64. The zero-order valence-corrected chi connectivity index (χ0v) is 11.8. The first kappa shape index (κ1) is 13.5. The number of hydrogen-bond donors (Lipinski definition) is 1. The van der Waals surface area contributed by atoms with Gasteiger partial charge in [0.2, 0.25) is 0 Å². The fraction of sp³-hybridized carbons (Fsp3) is 0.267. The minimum atomic E-state index is -0.306. The summed E-state index contributed by atoms with van der Waals surface area (Å²) >= 11 is 0. The van der Waals surface area contributed by atoms with Crippen molar-refractivity contribution < 1.29 is 4.39 Å². The Kier molecular flexibility index (Phi) is 3.51. The molecule has 0 aromatic carbocycles. The SMILES string of the molecule is CC1=C(c2cnc(N)cn2)CN(c2ncccc2F)CC1. The highest BCUT2D eigenvalue weighted by atomic mass is 19.1. The molecule has 2 aromatic rings. The summed E-state index contributed by atoms with van der Waals surface area (Å²) in [6.45, 7) is 3.38. The molecule has 108 valence electrons. The second-order valence-electron chi connectivity index (χ2n) is 5.07. The molecule has 2 aromatic heterocycles. The van der Waals surface area contributed by atoms with E-state index in [4.69, 9.17) is 5.73 Å². The Balaban J connectivity index is 1.91. The van der Waals surface area contributed by atoms with Gasteiger partial charge in [-0.15, -0.1) is 0 Å². The lowest BCUT2D eigenvalue weighted by Crippen LogP contribution is -2.32. The molecule has 6 heteroatoms. The second kappa shape index (κ2) is 5.47. The van der Waals surface area contributed by atoms with Crippen molar-refractivity contribution in [3.05, 3.63) is 47.8 Å². The molecule has 0 atom stereocenters. The van der Waals surface area contributed by atoms with E-state index < -0.39 is 0 Å². The number of nitrogens with zero attached hydrogens (tertiary/aromatic N) is 4. The smallest absolute Gasteiger partial charge is 0.165 e. The largest absolute Gasteiger partial charge is 0.382 e. The first-order valence-corrected chi connectivity index (χ1v) is 6.77. The van der Waals surface area contributed by atoms with Crippen LogP contribution in [-0.2, 0) is 0 Å². The normalized spacial score (nSPS) is 15.4. The minimum absolute atomic E-state index is 0.306. The van der Waals surface area contributed by atoms with Crippen LogP contribution in [0.2, 0.25) is 0 Å². The van der Waals surface area contributed by atoms with Crippen LogP contribution in [0, 0.1) is 5.82 Å². The number of anilines is 2. The molecule has 1 aliphatic rings. The molecule has 0 radical (unpaired) electrons. The van der Waals surface area contributed by atoms with E-state index in [-0.39, 0.29) is 5.82 Å². The van der Waals surface area contributed by atoms with Crippen molar-refractivity contribution >= 4 is 17.2 Å². The number of pyridine rings is 1. The molecular weight excluding hydrogens is 269 g/mol. The highest BCUT2D eigenvalue weighted by Crippen LogP contribution is 2.28. The number of rotatable bonds is 2. The Labute approximate surface area is 122 Å². The van der Waals surface area contributed by atoms with Gasteiger partial charge in [0.05, 0.1) is 18.1 Å². The Bertz CT molecular complexity index is 681. The number of hydrogen-bond acceptors (Lipinski definition) is 5. The highest BCUT2D eigenvalue weighted by Gasteiger charge is 2.21. The third-order valence-corrected chi connectivity index (χ3v) is 3.64. The Morgan fingerprint density at radius 2 is 2.10 bits per heavy atom. The van der Waals surface area contributed by atoms with E-state index in [1.165, 1.54) is 17.8 Å². The second-order valence-corrected chi connectivity index (χ2v) is 5.07. The van der Waals surface area contributed by atoms with Gasteiger partial charge in [-0.3, -0.25) is 4.98 Å². The molecule has 3 heterocycles. The van der Waals surface area contributed by atoms with Crippen molar-refractivity contribution in [3.8, 4) is 0 Å². The van der Waals surface area contributed by atoms with Crippen LogP contribution in [0.1, 0.15) is 19.0 Å². The van der Waals surface area contributed by atoms with Crippen LogP contribution in [0.4, 0.5) is 16.0 Å². The van der Waals surface area contributed by atoms with Gasteiger partial charge in [0, 0.05) is 19.3 Å². The van der Waals surface area contributed by atoms with E-state index in [1.807, 2.05) is 4.90 Å². The van der Waals surface area contributed by atoms with Crippen molar-refractivity contribution in [3.63, 3.8) is 0 Å². The Morgan fingerprint density at radius 3 is 2.81 bits per heavy atom. The first-order chi connectivity index (χ1) is 10.1. The monoisotopic (exact) mass is 285 g/mol. The molecule has 5 nitrogen and oxygen atoms in total. The predicted octanol–water partition coefficient (Wildman–Crippen LogP) is 2.28. The van der Waals surface area contributed by atoms with Crippen LogP contribution in [0.25, 0.3) is 5.57 Å². The van der Waals surface area contributed by atoms with Gasteiger partial charge in [-0.05, 0) is 31.1 Å². The summed E-state index contributed by atoms with van der Waals surface area (Å²) in [7, 11) is 0. The van der Waals surface area contributed by atoms with Gasteiger partial charge in [0.25, 0.3) is 0 Å². The van der Waals surface area contributed by atoms with Gasteiger partial charge < -0.3 is 10.6 Å². The summed E-state index contributed by atoms with van der Waals surface area (Å²) in [4.78, 5) is 14.5. The summed E-state index contributed by atoms with van der Waals surface area (Å²) < 4.78 is 13.9. The lowest BCUT2D eigenvalue weighted by Gasteiger charge is -2.30. The van der Waals surface area contributed by atoms with Crippen LogP contribution in [-0.4, -0.2) is 28.0 Å². The molecule has 0 fully saturated rings. The molecule has 1 aliphatic heterocycles. The van der Waals surface area contributed by atoms with E-state index >= 15 is 0 Å². The third kappa shape index (κ3) is 2.69. The zero-order valence-electron chi connectivity index (χ0n) is 11.8. The standard InChI is InChI=1S/C15H16FN5/c1-10-4-6-21(15-12(16)3-2-5-18-15)9-11(10)13-7-20-14(17)8-19-13/h2-3,5,7-8H,4,6,9H2,1H3,(H2,17,20). The molecule has 0 saturated carbocycles. The Hall–Kier alpha value is -2.50. The first-order valence-electron chi connectivity index (χ1n) is 6.77. The predicted molar refractivity (Wildman–Crippen MR) is 80.1 cm³/mol. The highest BCUT2D eigenvalue weighted by molar-refractivity contribution is 5.71. The van der Waals surface area contributed by atoms with Gasteiger partial charge in [0.15, 0.2) is 11.6 Å². The van der Waals surface area contributed by atoms with E-state index in [9.17, 15) is 4.39 Å². The summed E-state index contributed by atoms with van der Waals surface area (Å²) in [6, 6.07) is 3.02. The molecule has 2 N–H and O–H groups in total. The van der Waals surface area contributed by atoms with E-state index in [1.54, 1.807) is 18.5 Å². The third-order valence-electron chi connectivity index (χ3n) is 3.64. The van der Waals surface area contributed by atoms with Crippen LogP contribution < -0.4 is 10.6 Å². The van der Waals surface area contributed by atoms with Crippen molar-refractivity contribution in [2.75, 3.05) is 23.7 Å². The average molecular weight is 285 g/mol. The van der Waals surface area contributed by atoms with Crippen LogP contribution in [0.15, 0.2) is 36.3 Å². The van der Waals surface area contributed by atoms with Crippen LogP contribution in [0.5, 0.6) is 0 Å².